The van der Waals surface area contributed by atoms with Gasteiger partial charge in [-0.3, -0.25) is 4.79 Å². The van der Waals surface area contributed by atoms with Gasteiger partial charge in [0, 0.05) is 5.56 Å². The first kappa shape index (κ1) is 13.4. The molecule has 94 valence electrons. The number of hydrogen-bond acceptors (Lipinski definition) is 3. The van der Waals surface area contributed by atoms with E-state index in [4.69, 9.17) is 15.2 Å². The monoisotopic (exact) mass is 237 g/mol. The van der Waals surface area contributed by atoms with Gasteiger partial charge >= 0.3 is 0 Å². The highest BCUT2D eigenvalue weighted by atomic mass is 16.5. The predicted octanol–water partition coefficient (Wildman–Crippen LogP) is 2.36. The Morgan fingerprint density at radius 2 is 2.00 bits per heavy atom. The molecule has 0 atom stereocenters. The Kier molecular flexibility index (Phi) is 5.33. The number of carbonyl (C=O) groups excluding carboxylic acids is 1. The summed E-state index contributed by atoms with van der Waals surface area (Å²) in [5, 5.41) is 0. The molecule has 1 aromatic rings. The van der Waals surface area contributed by atoms with Crippen LogP contribution in [-0.4, -0.2) is 19.1 Å². The number of unbranched alkanes of at least 4 members (excludes halogenated alkanes) is 1. The second kappa shape index (κ2) is 6.78. The SMILES string of the molecule is CCCCOc1ccc(C(N)=O)cc1OCC. The van der Waals surface area contributed by atoms with E-state index in [1.165, 1.54) is 0 Å². The smallest absolute Gasteiger partial charge is 0.248 e. The standard InChI is InChI=1S/C13H19NO3/c1-3-5-8-17-11-7-6-10(13(14)15)9-12(11)16-4-2/h6-7,9H,3-5,8H2,1-2H3,(H2,14,15). The number of carbonyl (C=O) groups is 1. The summed E-state index contributed by atoms with van der Waals surface area (Å²) < 4.78 is 11.0. The molecule has 0 spiro atoms. The van der Waals surface area contributed by atoms with Gasteiger partial charge in [0.15, 0.2) is 11.5 Å². The summed E-state index contributed by atoms with van der Waals surface area (Å²) in [5.41, 5.74) is 5.64. The van der Waals surface area contributed by atoms with Crippen molar-refractivity contribution in [2.45, 2.75) is 26.7 Å². The molecule has 1 amide bonds. The van der Waals surface area contributed by atoms with Gasteiger partial charge in [0.25, 0.3) is 0 Å². The zero-order valence-electron chi connectivity index (χ0n) is 10.4. The first-order valence-electron chi connectivity index (χ1n) is 5.88. The van der Waals surface area contributed by atoms with E-state index in [0.29, 0.717) is 30.3 Å². The summed E-state index contributed by atoms with van der Waals surface area (Å²) in [4.78, 5) is 11.1. The van der Waals surface area contributed by atoms with Gasteiger partial charge in [0.05, 0.1) is 13.2 Å². The minimum atomic E-state index is -0.467. The van der Waals surface area contributed by atoms with Crippen LogP contribution in [0, 0.1) is 0 Å². The van der Waals surface area contributed by atoms with Crippen molar-refractivity contribution in [3.05, 3.63) is 23.8 Å². The van der Waals surface area contributed by atoms with Crippen LogP contribution in [0.3, 0.4) is 0 Å². The fraction of sp³-hybridized carbons (Fsp3) is 0.462. The number of hydrogen-bond donors (Lipinski definition) is 1. The largest absolute Gasteiger partial charge is 0.490 e. The summed E-state index contributed by atoms with van der Waals surface area (Å²) in [6, 6.07) is 4.99. The summed E-state index contributed by atoms with van der Waals surface area (Å²) >= 11 is 0. The highest BCUT2D eigenvalue weighted by molar-refractivity contribution is 5.93. The van der Waals surface area contributed by atoms with Crippen LogP contribution in [0.15, 0.2) is 18.2 Å². The number of primary amides is 1. The third-order valence-electron chi connectivity index (χ3n) is 2.28. The number of rotatable bonds is 7. The van der Waals surface area contributed by atoms with E-state index >= 15 is 0 Å². The average molecular weight is 237 g/mol. The van der Waals surface area contributed by atoms with Crippen LogP contribution in [0.25, 0.3) is 0 Å². The number of nitrogens with two attached hydrogens (primary N) is 1. The summed E-state index contributed by atoms with van der Waals surface area (Å²) in [5.74, 6) is 0.760. The molecule has 0 unspecified atom stereocenters. The van der Waals surface area contributed by atoms with Crippen LogP contribution in [0.5, 0.6) is 11.5 Å². The van der Waals surface area contributed by atoms with Gasteiger partial charge in [0.1, 0.15) is 0 Å². The molecule has 0 radical (unpaired) electrons. The van der Waals surface area contributed by atoms with Gasteiger partial charge in [-0.1, -0.05) is 13.3 Å². The molecule has 0 aromatic heterocycles. The summed E-state index contributed by atoms with van der Waals surface area (Å²) in [7, 11) is 0. The molecule has 0 bridgehead atoms. The van der Waals surface area contributed by atoms with E-state index in [9.17, 15) is 4.79 Å². The molecule has 4 nitrogen and oxygen atoms in total. The van der Waals surface area contributed by atoms with Crippen LogP contribution in [-0.2, 0) is 0 Å². The Morgan fingerprint density at radius 1 is 1.24 bits per heavy atom. The van der Waals surface area contributed by atoms with Crippen LogP contribution >= 0.6 is 0 Å². The van der Waals surface area contributed by atoms with Gasteiger partial charge in [-0.05, 0) is 31.5 Å². The lowest BCUT2D eigenvalue weighted by Crippen LogP contribution is -2.11. The number of ether oxygens (including phenoxy) is 2. The zero-order chi connectivity index (χ0) is 12.7. The molecular formula is C13H19NO3. The molecule has 0 fully saturated rings. The zero-order valence-corrected chi connectivity index (χ0v) is 10.4. The fourth-order valence-corrected chi connectivity index (χ4v) is 1.38. The van der Waals surface area contributed by atoms with Crippen molar-refractivity contribution in [3.63, 3.8) is 0 Å². The fourth-order valence-electron chi connectivity index (χ4n) is 1.38. The minimum absolute atomic E-state index is 0.427. The van der Waals surface area contributed by atoms with Gasteiger partial charge in [0.2, 0.25) is 5.91 Å². The Balaban J connectivity index is 2.83. The second-order valence-electron chi connectivity index (χ2n) is 3.66. The Bertz CT molecular complexity index is 377. The molecule has 0 saturated heterocycles. The normalized spacial score (nSPS) is 10.0. The lowest BCUT2D eigenvalue weighted by atomic mass is 10.2. The Labute approximate surface area is 102 Å². The Morgan fingerprint density at radius 3 is 2.59 bits per heavy atom. The van der Waals surface area contributed by atoms with Gasteiger partial charge in [-0.15, -0.1) is 0 Å². The van der Waals surface area contributed by atoms with E-state index < -0.39 is 5.91 Å². The average Bonchev–Trinajstić information content (AvgIpc) is 2.31. The van der Waals surface area contributed by atoms with Crippen molar-refractivity contribution >= 4 is 5.91 Å². The topological polar surface area (TPSA) is 61.5 Å². The highest BCUT2D eigenvalue weighted by Crippen LogP contribution is 2.28. The first-order valence-corrected chi connectivity index (χ1v) is 5.88. The van der Waals surface area contributed by atoms with Crippen molar-refractivity contribution in [3.8, 4) is 11.5 Å². The molecule has 1 rings (SSSR count). The maximum Gasteiger partial charge on any atom is 0.248 e. The predicted molar refractivity (Wildman–Crippen MR) is 66.5 cm³/mol. The maximum atomic E-state index is 11.1. The van der Waals surface area contributed by atoms with Crippen LogP contribution in [0.2, 0.25) is 0 Å². The molecule has 0 aliphatic heterocycles. The molecular weight excluding hydrogens is 218 g/mol. The molecule has 0 saturated carbocycles. The highest BCUT2D eigenvalue weighted by Gasteiger charge is 2.09. The van der Waals surface area contributed by atoms with Crippen molar-refractivity contribution in [2.24, 2.45) is 5.73 Å². The first-order chi connectivity index (χ1) is 8.19. The van der Waals surface area contributed by atoms with Crippen molar-refractivity contribution in [2.75, 3.05) is 13.2 Å². The number of amides is 1. The Hall–Kier alpha value is -1.71. The van der Waals surface area contributed by atoms with Crippen LogP contribution in [0.4, 0.5) is 0 Å². The van der Waals surface area contributed by atoms with Crippen molar-refractivity contribution in [1.82, 2.24) is 0 Å². The molecule has 0 heterocycles. The third kappa shape index (κ3) is 3.98. The molecule has 1 aromatic carbocycles. The summed E-state index contributed by atoms with van der Waals surface area (Å²) in [6.07, 6.45) is 2.06. The van der Waals surface area contributed by atoms with E-state index in [-0.39, 0.29) is 0 Å². The lowest BCUT2D eigenvalue weighted by Gasteiger charge is -2.12. The molecule has 17 heavy (non-hydrogen) atoms. The van der Waals surface area contributed by atoms with E-state index in [0.717, 1.165) is 12.8 Å². The van der Waals surface area contributed by atoms with Gasteiger partial charge < -0.3 is 15.2 Å². The maximum absolute atomic E-state index is 11.1. The van der Waals surface area contributed by atoms with E-state index in [1.807, 2.05) is 6.92 Å². The molecule has 0 aliphatic carbocycles. The minimum Gasteiger partial charge on any atom is -0.490 e. The quantitative estimate of drug-likeness (QED) is 0.740. The number of benzene rings is 1. The summed E-state index contributed by atoms with van der Waals surface area (Å²) in [6.45, 7) is 5.15. The second-order valence-corrected chi connectivity index (χ2v) is 3.66. The van der Waals surface area contributed by atoms with Gasteiger partial charge in [-0.2, -0.15) is 0 Å². The van der Waals surface area contributed by atoms with Crippen LogP contribution in [0.1, 0.15) is 37.0 Å². The van der Waals surface area contributed by atoms with Crippen LogP contribution < -0.4 is 15.2 Å². The molecule has 2 N–H and O–H groups in total. The molecule has 0 aliphatic rings. The van der Waals surface area contributed by atoms with E-state index in [2.05, 4.69) is 6.92 Å². The van der Waals surface area contributed by atoms with Crippen molar-refractivity contribution < 1.29 is 14.3 Å². The molecule has 4 heteroatoms. The van der Waals surface area contributed by atoms with Gasteiger partial charge in [-0.25, -0.2) is 0 Å². The lowest BCUT2D eigenvalue weighted by molar-refractivity contribution is 0.0999. The van der Waals surface area contributed by atoms with E-state index in [1.54, 1.807) is 18.2 Å². The third-order valence-corrected chi connectivity index (χ3v) is 2.28. The van der Waals surface area contributed by atoms with Crippen molar-refractivity contribution in [1.29, 1.82) is 0 Å².